The van der Waals surface area contributed by atoms with Gasteiger partial charge in [0.15, 0.2) is 11.6 Å². The van der Waals surface area contributed by atoms with Crippen molar-refractivity contribution in [2.24, 2.45) is 5.92 Å². The Kier molecular flexibility index (Phi) is 6.71. The summed E-state index contributed by atoms with van der Waals surface area (Å²) in [6, 6.07) is 4.22. The molecule has 4 rings (SSSR count). The first-order valence-electron chi connectivity index (χ1n) is 11.3. The summed E-state index contributed by atoms with van der Waals surface area (Å²) in [6.45, 7) is 1.39. The number of hydrogen-bond donors (Lipinski definition) is 2. The first-order valence-corrected chi connectivity index (χ1v) is 12.9. The Hall–Kier alpha value is -2.20. The second-order valence-electron chi connectivity index (χ2n) is 9.05. The third-order valence-electron chi connectivity index (χ3n) is 6.24. The Morgan fingerprint density at radius 2 is 1.97 bits per heavy atom. The van der Waals surface area contributed by atoms with Crippen LogP contribution < -0.4 is 14.8 Å². The average Bonchev–Trinajstić information content (AvgIpc) is 3.65. The van der Waals surface area contributed by atoms with Gasteiger partial charge in [0, 0.05) is 19.5 Å². The van der Waals surface area contributed by atoms with Crippen molar-refractivity contribution in [2.75, 3.05) is 25.4 Å². The minimum Gasteiger partial charge on any atom is -0.490 e. The first-order chi connectivity index (χ1) is 15.3. The molecule has 3 aliphatic rings. The maximum Gasteiger partial charge on any atom is 0.324 e. The van der Waals surface area contributed by atoms with Crippen molar-refractivity contribution in [3.63, 3.8) is 0 Å². The average molecular weight is 468 g/mol. The number of rotatable bonds is 12. The van der Waals surface area contributed by atoms with Crippen molar-refractivity contribution in [1.82, 2.24) is 14.9 Å². The lowest BCUT2D eigenvalue weighted by Gasteiger charge is -2.26. The molecule has 8 nitrogen and oxygen atoms in total. The Labute approximate surface area is 187 Å². The summed E-state index contributed by atoms with van der Waals surface area (Å²) in [4.78, 5) is 24.4. The normalized spacial score (nSPS) is 20.2. The van der Waals surface area contributed by atoms with E-state index in [9.17, 15) is 22.4 Å². The van der Waals surface area contributed by atoms with E-state index in [1.807, 2.05) is 0 Å². The van der Waals surface area contributed by atoms with Crippen LogP contribution >= 0.6 is 0 Å². The highest BCUT2D eigenvalue weighted by molar-refractivity contribution is 7.89. The van der Waals surface area contributed by atoms with Gasteiger partial charge >= 0.3 is 6.03 Å². The molecule has 3 amide bonds. The molecule has 0 unspecified atom stereocenters. The number of ether oxygens (including phenoxy) is 1. The third-order valence-corrected chi connectivity index (χ3v) is 7.77. The van der Waals surface area contributed by atoms with E-state index < -0.39 is 21.4 Å². The molecule has 0 spiro atoms. The second kappa shape index (κ2) is 9.35. The monoisotopic (exact) mass is 467 g/mol. The summed E-state index contributed by atoms with van der Waals surface area (Å²) in [7, 11) is -3.51. The van der Waals surface area contributed by atoms with Crippen molar-refractivity contribution >= 4 is 22.0 Å². The number of benzene rings is 1. The second-order valence-corrected chi connectivity index (χ2v) is 10.9. The van der Waals surface area contributed by atoms with E-state index in [0.29, 0.717) is 64.1 Å². The minimum atomic E-state index is -3.51. The smallest absolute Gasteiger partial charge is 0.324 e. The highest BCUT2D eigenvalue weighted by atomic mass is 32.2. The van der Waals surface area contributed by atoms with E-state index in [2.05, 4.69) is 10.0 Å². The molecule has 10 heteroatoms. The van der Waals surface area contributed by atoms with E-state index >= 15 is 0 Å². The van der Waals surface area contributed by atoms with Gasteiger partial charge in [-0.05, 0) is 62.1 Å². The predicted molar refractivity (Wildman–Crippen MR) is 116 cm³/mol. The number of urea groups is 1. The van der Waals surface area contributed by atoms with Crippen LogP contribution in [-0.2, 0) is 20.4 Å². The number of sulfonamides is 1. The number of unbranched alkanes of at least 4 members (excludes halogenated alkanes) is 2. The summed E-state index contributed by atoms with van der Waals surface area (Å²) in [5.41, 5.74) is 0.0572. The zero-order chi connectivity index (χ0) is 22.8. The van der Waals surface area contributed by atoms with Crippen molar-refractivity contribution in [3.05, 3.63) is 29.6 Å². The topological polar surface area (TPSA) is 105 Å². The van der Waals surface area contributed by atoms with Gasteiger partial charge in [0.25, 0.3) is 0 Å². The first kappa shape index (κ1) is 23.0. The molecule has 1 aliphatic heterocycles. The van der Waals surface area contributed by atoms with Crippen LogP contribution in [-0.4, -0.2) is 50.7 Å². The fraction of sp³-hybridized carbons (Fsp3) is 0.636. The Bertz CT molecular complexity index is 976. The number of imide groups is 1. The SMILES string of the molecule is O=C1CCN(CCCCCS(=O)(=O)NC2(c3ccc(F)c(OCC4CC4)c3)CC2)C(=O)N1. The van der Waals surface area contributed by atoms with Gasteiger partial charge in [0.05, 0.1) is 17.9 Å². The number of amides is 3. The van der Waals surface area contributed by atoms with Gasteiger partial charge in [-0.25, -0.2) is 22.3 Å². The van der Waals surface area contributed by atoms with Crippen LogP contribution in [0.1, 0.15) is 56.9 Å². The molecule has 2 aliphatic carbocycles. The van der Waals surface area contributed by atoms with Gasteiger partial charge < -0.3 is 9.64 Å². The molecule has 2 saturated carbocycles. The van der Waals surface area contributed by atoms with Gasteiger partial charge in [0.1, 0.15) is 0 Å². The Morgan fingerprint density at radius 1 is 1.19 bits per heavy atom. The van der Waals surface area contributed by atoms with E-state index in [0.717, 1.165) is 18.4 Å². The number of carbonyl (C=O) groups is 2. The molecule has 3 fully saturated rings. The lowest BCUT2D eigenvalue weighted by atomic mass is 10.1. The molecule has 176 valence electrons. The van der Waals surface area contributed by atoms with Crippen LogP contribution in [0.4, 0.5) is 9.18 Å². The van der Waals surface area contributed by atoms with Crippen LogP contribution in [0.2, 0.25) is 0 Å². The fourth-order valence-corrected chi connectivity index (χ4v) is 5.51. The van der Waals surface area contributed by atoms with E-state index in [4.69, 9.17) is 4.74 Å². The van der Waals surface area contributed by atoms with Crippen LogP contribution in [0, 0.1) is 11.7 Å². The standard InChI is InChI=1S/C22H30FN3O5S/c23-18-7-6-17(14-19(18)31-15-16-4-5-16)22(9-10-22)25-32(29,30)13-3-1-2-11-26-12-8-20(27)24-21(26)28/h6-7,14,16,25H,1-5,8-13,15H2,(H,24,27,28). The quantitative estimate of drug-likeness (QED) is 0.460. The van der Waals surface area contributed by atoms with Gasteiger partial charge in [-0.1, -0.05) is 12.5 Å². The molecule has 1 saturated heterocycles. The van der Waals surface area contributed by atoms with E-state index in [-0.39, 0.29) is 23.4 Å². The molecule has 0 aromatic heterocycles. The number of nitrogens with one attached hydrogen (secondary N) is 2. The molecule has 32 heavy (non-hydrogen) atoms. The molecule has 1 aromatic rings. The lowest BCUT2D eigenvalue weighted by Crippen LogP contribution is -2.49. The largest absolute Gasteiger partial charge is 0.490 e. The molecule has 2 N–H and O–H groups in total. The summed E-state index contributed by atoms with van der Waals surface area (Å²) >= 11 is 0. The van der Waals surface area contributed by atoms with Crippen molar-refractivity contribution in [2.45, 2.75) is 56.9 Å². The molecular formula is C22H30FN3O5S. The highest BCUT2D eigenvalue weighted by Gasteiger charge is 2.47. The van der Waals surface area contributed by atoms with Crippen LogP contribution in [0.25, 0.3) is 0 Å². The van der Waals surface area contributed by atoms with Crippen LogP contribution in [0.5, 0.6) is 5.75 Å². The number of carbonyl (C=O) groups excluding carboxylic acids is 2. The zero-order valence-corrected chi connectivity index (χ0v) is 18.9. The van der Waals surface area contributed by atoms with E-state index in [1.54, 1.807) is 17.0 Å². The van der Waals surface area contributed by atoms with Crippen molar-refractivity contribution in [1.29, 1.82) is 0 Å². The van der Waals surface area contributed by atoms with Gasteiger partial charge in [-0.2, -0.15) is 0 Å². The molecule has 0 bridgehead atoms. The van der Waals surface area contributed by atoms with Crippen molar-refractivity contribution < 1.29 is 27.1 Å². The van der Waals surface area contributed by atoms with E-state index in [1.165, 1.54) is 6.07 Å². The maximum absolute atomic E-state index is 14.1. The number of nitrogens with zero attached hydrogens (tertiary/aromatic N) is 1. The highest BCUT2D eigenvalue weighted by Crippen LogP contribution is 2.47. The Morgan fingerprint density at radius 3 is 2.66 bits per heavy atom. The molecule has 0 radical (unpaired) electrons. The summed E-state index contributed by atoms with van der Waals surface area (Å²) in [5, 5.41) is 2.28. The molecule has 0 atom stereocenters. The van der Waals surface area contributed by atoms with Crippen LogP contribution in [0.3, 0.4) is 0 Å². The lowest BCUT2D eigenvalue weighted by molar-refractivity contribution is -0.121. The summed E-state index contributed by atoms with van der Waals surface area (Å²) < 4.78 is 47.8. The predicted octanol–water partition coefficient (Wildman–Crippen LogP) is 2.64. The molecule has 1 aromatic carbocycles. The summed E-state index contributed by atoms with van der Waals surface area (Å²) in [6.07, 6.45) is 5.64. The number of halogens is 1. The van der Waals surface area contributed by atoms with Crippen LogP contribution in [0.15, 0.2) is 18.2 Å². The summed E-state index contributed by atoms with van der Waals surface area (Å²) in [5.74, 6) is -0.0207. The molecule has 1 heterocycles. The minimum absolute atomic E-state index is 0.00827. The van der Waals surface area contributed by atoms with Gasteiger partial charge in [-0.15, -0.1) is 0 Å². The zero-order valence-electron chi connectivity index (χ0n) is 18.1. The Balaban J connectivity index is 1.24. The third kappa shape index (κ3) is 5.98. The molecular weight excluding hydrogens is 437 g/mol. The van der Waals surface area contributed by atoms with Crippen molar-refractivity contribution in [3.8, 4) is 5.75 Å². The maximum atomic E-state index is 14.1. The fourth-order valence-electron chi connectivity index (χ4n) is 3.91. The van der Waals surface area contributed by atoms with Gasteiger partial charge in [-0.3, -0.25) is 10.1 Å². The van der Waals surface area contributed by atoms with Gasteiger partial charge in [0.2, 0.25) is 15.9 Å². The number of hydrogen-bond acceptors (Lipinski definition) is 5.